The number of rotatable bonds is 9. The maximum Gasteiger partial charge on any atom is 0.251 e. The highest BCUT2D eigenvalue weighted by Crippen LogP contribution is 2.13. The van der Waals surface area contributed by atoms with Crippen molar-refractivity contribution in [3.8, 4) is 5.75 Å². The Hall–Kier alpha value is -3.02. The average molecular weight is 397 g/mol. The second kappa shape index (κ2) is 11.7. The van der Waals surface area contributed by atoms with Gasteiger partial charge in [0.05, 0.1) is 6.61 Å². The number of aliphatic imine (C=N–C) groups is 1. The smallest absolute Gasteiger partial charge is 0.251 e. The molecule has 29 heavy (non-hydrogen) atoms. The van der Waals surface area contributed by atoms with Gasteiger partial charge in [-0.05, 0) is 47.7 Å². The molecule has 2 rings (SSSR count). The summed E-state index contributed by atoms with van der Waals surface area (Å²) in [6.07, 6.45) is 0.799. The lowest BCUT2D eigenvalue weighted by molar-refractivity contribution is 0.0963. The molecule has 0 saturated heterocycles. The van der Waals surface area contributed by atoms with E-state index >= 15 is 0 Å². The van der Waals surface area contributed by atoms with Crippen molar-refractivity contribution in [2.75, 3.05) is 27.2 Å². The topological polar surface area (TPSA) is 74.8 Å². The van der Waals surface area contributed by atoms with E-state index in [0.29, 0.717) is 18.0 Å². The quantitative estimate of drug-likeness (QED) is 0.450. The van der Waals surface area contributed by atoms with Gasteiger partial charge in [0, 0.05) is 32.7 Å². The molecule has 6 nitrogen and oxygen atoms in total. The molecule has 0 radical (unpaired) electrons. The first-order chi connectivity index (χ1) is 14.0. The molecule has 0 aliphatic rings. The number of ether oxygens (including phenoxy) is 1. The number of carbonyl (C=O) groups excluding carboxylic acids is 1. The minimum atomic E-state index is -0.0714. The van der Waals surface area contributed by atoms with E-state index in [-0.39, 0.29) is 5.91 Å². The molecule has 0 spiro atoms. The van der Waals surface area contributed by atoms with Crippen LogP contribution in [-0.2, 0) is 13.0 Å². The minimum absolute atomic E-state index is 0.0714. The predicted molar refractivity (Wildman–Crippen MR) is 119 cm³/mol. The summed E-state index contributed by atoms with van der Waals surface area (Å²) in [6, 6.07) is 15.8. The molecule has 3 N–H and O–H groups in total. The van der Waals surface area contributed by atoms with Gasteiger partial charge in [0.1, 0.15) is 5.75 Å². The van der Waals surface area contributed by atoms with Gasteiger partial charge >= 0.3 is 0 Å². The lowest BCUT2D eigenvalue weighted by Gasteiger charge is -2.13. The van der Waals surface area contributed by atoms with Crippen molar-refractivity contribution in [1.29, 1.82) is 0 Å². The maximum atomic E-state index is 11.7. The van der Waals surface area contributed by atoms with Crippen LogP contribution in [0.2, 0.25) is 0 Å². The lowest BCUT2D eigenvalue weighted by atomic mass is 10.1. The van der Waals surface area contributed by atoms with Crippen LogP contribution in [0.15, 0.2) is 53.5 Å². The fourth-order valence-electron chi connectivity index (χ4n) is 2.71. The van der Waals surface area contributed by atoms with Crippen LogP contribution in [0.1, 0.15) is 35.3 Å². The van der Waals surface area contributed by atoms with Gasteiger partial charge in [-0.25, -0.2) is 0 Å². The summed E-state index contributed by atoms with van der Waals surface area (Å²) < 4.78 is 5.71. The van der Waals surface area contributed by atoms with Crippen molar-refractivity contribution < 1.29 is 9.53 Å². The van der Waals surface area contributed by atoms with E-state index in [1.54, 1.807) is 14.1 Å². The molecule has 2 aromatic carbocycles. The molecule has 0 bridgehead atoms. The minimum Gasteiger partial charge on any atom is -0.493 e. The Morgan fingerprint density at radius 3 is 2.48 bits per heavy atom. The number of carbonyl (C=O) groups is 1. The average Bonchev–Trinajstić information content (AvgIpc) is 2.75. The second-order valence-corrected chi connectivity index (χ2v) is 7.23. The highest BCUT2D eigenvalue weighted by Gasteiger charge is 2.04. The van der Waals surface area contributed by atoms with E-state index in [4.69, 9.17) is 4.74 Å². The van der Waals surface area contributed by atoms with Crippen LogP contribution in [0.25, 0.3) is 0 Å². The molecule has 0 fully saturated rings. The van der Waals surface area contributed by atoms with Crippen molar-refractivity contribution in [3.63, 3.8) is 0 Å². The third-order valence-electron chi connectivity index (χ3n) is 4.31. The monoisotopic (exact) mass is 396 g/mol. The number of hydrogen-bond donors (Lipinski definition) is 3. The molecule has 156 valence electrons. The third-order valence-corrected chi connectivity index (χ3v) is 4.31. The van der Waals surface area contributed by atoms with Crippen LogP contribution in [0.5, 0.6) is 5.75 Å². The van der Waals surface area contributed by atoms with Crippen LogP contribution in [-0.4, -0.2) is 39.1 Å². The largest absolute Gasteiger partial charge is 0.493 e. The summed E-state index contributed by atoms with van der Waals surface area (Å²) in [5.74, 6) is 2.08. The number of nitrogens with zero attached hydrogens (tertiary/aromatic N) is 1. The van der Waals surface area contributed by atoms with Gasteiger partial charge in [-0.3, -0.25) is 9.79 Å². The van der Waals surface area contributed by atoms with Gasteiger partial charge in [-0.1, -0.05) is 38.1 Å². The number of amides is 1. The molecule has 0 aromatic heterocycles. The van der Waals surface area contributed by atoms with E-state index in [0.717, 1.165) is 42.4 Å². The van der Waals surface area contributed by atoms with Crippen molar-refractivity contribution in [2.24, 2.45) is 10.9 Å². The second-order valence-electron chi connectivity index (χ2n) is 7.23. The Balaban J connectivity index is 1.77. The summed E-state index contributed by atoms with van der Waals surface area (Å²) in [5, 5.41) is 9.27. The fourth-order valence-corrected chi connectivity index (χ4v) is 2.71. The van der Waals surface area contributed by atoms with E-state index in [2.05, 4.69) is 46.9 Å². The first-order valence-corrected chi connectivity index (χ1v) is 9.99. The van der Waals surface area contributed by atoms with Gasteiger partial charge in [0.25, 0.3) is 5.91 Å². The van der Waals surface area contributed by atoms with Gasteiger partial charge in [0.15, 0.2) is 5.96 Å². The standard InChI is InChI=1S/C23H32N4O2/c1-17(2)16-29-21-10-8-19(9-11-21)15-27-23(25-4)26-13-12-18-6-5-7-20(14-18)22(28)24-3/h5-11,14,17H,12-13,15-16H2,1-4H3,(H,24,28)(H2,25,26,27). The molecule has 0 saturated carbocycles. The van der Waals surface area contributed by atoms with Crippen molar-refractivity contribution >= 4 is 11.9 Å². The van der Waals surface area contributed by atoms with E-state index in [1.165, 1.54) is 0 Å². The molecule has 0 heterocycles. The first kappa shape index (κ1) is 22.3. The molecule has 1 amide bonds. The molecular weight excluding hydrogens is 364 g/mol. The van der Waals surface area contributed by atoms with E-state index < -0.39 is 0 Å². The summed E-state index contributed by atoms with van der Waals surface area (Å²) >= 11 is 0. The lowest BCUT2D eigenvalue weighted by Crippen LogP contribution is -2.37. The number of hydrogen-bond acceptors (Lipinski definition) is 3. The first-order valence-electron chi connectivity index (χ1n) is 9.99. The molecule has 0 aliphatic heterocycles. The Labute approximate surface area is 173 Å². The zero-order valence-corrected chi connectivity index (χ0v) is 17.8. The highest BCUT2D eigenvalue weighted by molar-refractivity contribution is 5.94. The SMILES string of the molecule is CN=C(NCCc1cccc(C(=O)NC)c1)NCc1ccc(OCC(C)C)cc1. The van der Waals surface area contributed by atoms with Gasteiger partial charge in [-0.2, -0.15) is 0 Å². The summed E-state index contributed by atoms with van der Waals surface area (Å²) in [5.41, 5.74) is 2.93. The summed E-state index contributed by atoms with van der Waals surface area (Å²) in [7, 11) is 3.39. The zero-order valence-electron chi connectivity index (χ0n) is 17.8. The van der Waals surface area contributed by atoms with Crippen LogP contribution < -0.4 is 20.7 Å². The fraction of sp³-hybridized carbons (Fsp3) is 0.391. The van der Waals surface area contributed by atoms with Crippen molar-refractivity contribution in [2.45, 2.75) is 26.8 Å². The van der Waals surface area contributed by atoms with Gasteiger partial charge < -0.3 is 20.7 Å². The Kier molecular flexibility index (Phi) is 9.02. The van der Waals surface area contributed by atoms with E-state index in [1.807, 2.05) is 36.4 Å². The zero-order chi connectivity index (χ0) is 21.1. The summed E-state index contributed by atoms with van der Waals surface area (Å²) in [6.45, 7) is 6.39. The molecule has 0 unspecified atom stereocenters. The van der Waals surface area contributed by atoms with Crippen LogP contribution in [0.3, 0.4) is 0 Å². The van der Waals surface area contributed by atoms with Crippen LogP contribution in [0.4, 0.5) is 0 Å². The third kappa shape index (κ3) is 7.86. The Morgan fingerprint density at radius 2 is 1.83 bits per heavy atom. The van der Waals surface area contributed by atoms with E-state index in [9.17, 15) is 4.79 Å². The summed E-state index contributed by atoms with van der Waals surface area (Å²) in [4.78, 5) is 16.0. The number of benzene rings is 2. The van der Waals surface area contributed by atoms with Crippen molar-refractivity contribution in [1.82, 2.24) is 16.0 Å². The van der Waals surface area contributed by atoms with Gasteiger partial charge in [-0.15, -0.1) is 0 Å². The molecule has 0 aliphatic carbocycles. The van der Waals surface area contributed by atoms with Crippen molar-refractivity contribution in [3.05, 3.63) is 65.2 Å². The Bertz CT molecular complexity index is 801. The number of guanidine groups is 1. The molecule has 0 atom stereocenters. The predicted octanol–water partition coefficient (Wildman–Crippen LogP) is 2.99. The maximum absolute atomic E-state index is 11.7. The Morgan fingerprint density at radius 1 is 1.07 bits per heavy atom. The highest BCUT2D eigenvalue weighted by atomic mass is 16.5. The number of nitrogens with one attached hydrogen (secondary N) is 3. The van der Waals surface area contributed by atoms with Gasteiger partial charge in [0.2, 0.25) is 0 Å². The van der Waals surface area contributed by atoms with Crippen LogP contribution in [0, 0.1) is 5.92 Å². The normalized spacial score (nSPS) is 11.3. The molecular formula is C23H32N4O2. The molecule has 6 heteroatoms. The molecule has 2 aromatic rings. The van der Waals surface area contributed by atoms with Crippen LogP contribution >= 0.6 is 0 Å².